The van der Waals surface area contributed by atoms with Crippen LogP contribution in [0.3, 0.4) is 0 Å². The lowest BCUT2D eigenvalue weighted by Gasteiger charge is -2.10. The number of imidazole rings is 1. The Morgan fingerprint density at radius 2 is 2.10 bits per heavy atom. The van der Waals surface area contributed by atoms with Gasteiger partial charge in [0.2, 0.25) is 0 Å². The average molecular weight is 268 g/mol. The third-order valence-corrected chi connectivity index (χ3v) is 3.27. The van der Waals surface area contributed by atoms with Gasteiger partial charge in [-0.3, -0.25) is 4.98 Å². The highest BCUT2D eigenvalue weighted by molar-refractivity contribution is 5.93. The largest absolute Gasteiger partial charge is 0.492 e. The van der Waals surface area contributed by atoms with Crippen LogP contribution in [0, 0.1) is 0 Å². The van der Waals surface area contributed by atoms with Crippen molar-refractivity contribution in [2.75, 3.05) is 12.3 Å². The summed E-state index contributed by atoms with van der Waals surface area (Å²) < 4.78 is 7.85. The molecule has 3 aromatic rings. The molecule has 1 aromatic carbocycles. The number of anilines is 1. The van der Waals surface area contributed by atoms with Crippen LogP contribution in [-0.4, -0.2) is 21.1 Å². The summed E-state index contributed by atoms with van der Waals surface area (Å²) in [6.45, 7) is 0.568. The van der Waals surface area contributed by atoms with Crippen molar-refractivity contribution < 1.29 is 4.74 Å². The van der Waals surface area contributed by atoms with Gasteiger partial charge < -0.3 is 15.0 Å². The van der Waals surface area contributed by atoms with E-state index in [0.717, 1.165) is 28.9 Å². The summed E-state index contributed by atoms with van der Waals surface area (Å²) in [6.07, 6.45) is 6.21. The van der Waals surface area contributed by atoms with Crippen LogP contribution < -0.4 is 10.5 Å². The Balaban J connectivity index is 1.78. The topological polar surface area (TPSA) is 66.0 Å². The number of nitrogen functional groups attached to an aromatic ring is 1. The number of aryl methyl sites for hydroxylation is 1. The number of nitrogens with zero attached hydrogens (tertiary/aromatic N) is 3. The molecule has 20 heavy (non-hydrogen) atoms. The number of fused-ring (bicyclic) bond motifs is 1. The van der Waals surface area contributed by atoms with Crippen molar-refractivity contribution in [2.45, 2.75) is 6.42 Å². The van der Waals surface area contributed by atoms with E-state index in [1.165, 1.54) is 0 Å². The molecule has 0 bridgehead atoms. The predicted octanol–water partition coefficient (Wildman–Crippen LogP) is 2.17. The van der Waals surface area contributed by atoms with Crippen LogP contribution in [0.1, 0.15) is 5.82 Å². The smallest absolute Gasteiger partial charge is 0.128 e. The first kappa shape index (κ1) is 12.5. The fourth-order valence-electron chi connectivity index (χ4n) is 2.18. The molecule has 0 saturated carbocycles. The van der Waals surface area contributed by atoms with Gasteiger partial charge in [-0.1, -0.05) is 0 Å². The van der Waals surface area contributed by atoms with E-state index in [1.54, 1.807) is 12.4 Å². The van der Waals surface area contributed by atoms with E-state index in [4.69, 9.17) is 10.5 Å². The maximum Gasteiger partial charge on any atom is 0.128 e. The maximum absolute atomic E-state index is 5.92. The van der Waals surface area contributed by atoms with E-state index < -0.39 is 0 Å². The van der Waals surface area contributed by atoms with Gasteiger partial charge in [-0.15, -0.1) is 0 Å². The fraction of sp³-hybridized carbons (Fsp3) is 0.200. The highest BCUT2D eigenvalue weighted by atomic mass is 16.5. The molecule has 2 heterocycles. The van der Waals surface area contributed by atoms with Crippen molar-refractivity contribution in [3.8, 4) is 5.75 Å². The number of aromatic nitrogens is 3. The second-order valence-corrected chi connectivity index (χ2v) is 4.61. The monoisotopic (exact) mass is 268 g/mol. The van der Waals surface area contributed by atoms with Crippen LogP contribution in [0.25, 0.3) is 10.9 Å². The molecule has 0 aliphatic rings. The minimum absolute atomic E-state index is 0.568. The lowest BCUT2D eigenvalue weighted by atomic mass is 10.2. The first-order valence-electron chi connectivity index (χ1n) is 6.48. The van der Waals surface area contributed by atoms with Crippen LogP contribution in [0.4, 0.5) is 5.69 Å². The standard InChI is InChI=1S/C15H16N4O/c1-19-9-8-17-14(19)6-10-20-13-5-4-12(16)15-11(13)3-2-7-18-15/h2-5,7-9H,6,10,16H2,1H3. The van der Waals surface area contributed by atoms with E-state index >= 15 is 0 Å². The summed E-state index contributed by atoms with van der Waals surface area (Å²) in [5.74, 6) is 1.80. The fourth-order valence-corrected chi connectivity index (χ4v) is 2.18. The van der Waals surface area contributed by atoms with Crippen LogP contribution in [-0.2, 0) is 13.5 Å². The first-order chi connectivity index (χ1) is 9.75. The molecular weight excluding hydrogens is 252 g/mol. The molecule has 0 amide bonds. The number of hydrogen-bond acceptors (Lipinski definition) is 4. The number of pyridine rings is 1. The van der Waals surface area contributed by atoms with E-state index in [9.17, 15) is 0 Å². The van der Waals surface area contributed by atoms with E-state index in [0.29, 0.717) is 12.3 Å². The van der Waals surface area contributed by atoms with Gasteiger partial charge in [0.05, 0.1) is 17.8 Å². The summed E-state index contributed by atoms with van der Waals surface area (Å²) in [7, 11) is 1.98. The minimum atomic E-state index is 0.568. The molecular formula is C15H16N4O. The van der Waals surface area contributed by atoms with Gasteiger partial charge in [0.1, 0.15) is 11.6 Å². The molecule has 5 heteroatoms. The van der Waals surface area contributed by atoms with Crippen molar-refractivity contribution in [2.24, 2.45) is 7.05 Å². The van der Waals surface area contributed by atoms with Crippen molar-refractivity contribution in [1.29, 1.82) is 0 Å². The Bertz CT molecular complexity index is 736. The Morgan fingerprint density at radius 1 is 1.20 bits per heavy atom. The van der Waals surface area contributed by atoms with Crippen molar-refractivity contribution >= 4 is 16.6 Å². The Labute approximate surface area is 117 Å². The average Bonchev–Trinajstić information content (AvgIpc) is 2.87. The Morgan fingerprint density at radius 3 is 2.90 bits per heavy atom. The summed E-state index contributed by atoms with van der Waals surface area (Å²) in [6, 6.07) is 7.56. The molecule has 0 spiro atoms. The van der Waals surface area contributed by atoms with Crippen LogP contribution in [0.5, 0.6) is 5.75 Å². The van der Waals surface area contributed by atoms with Crippen molar-refractivity contribution in [3.05, 3.63) is 48.7 Å². The number of rotatable bonds is 4. The lowest BCUT2D eigenvalue weighted by Crippen LogP contribution is -2.06. The van der Waals surface area contributed by atoms with Gasteiger partial charge in [-0.25, -0.2) is 4.98 Å². The zero-order chi connectivity index (χ0) is 13.9. The summed E-state index contributed by atoms with van der Waals surface area (Å²) in [5, 5.41) is 0.937. The molecule has 0 aliphatic heterocycles. The van der Waals surface area contributed by atoms with Crippen LogP contribution in [0.2, 0.25) is 0 Å². The zero-order valence-electron chi connectivity index (χ0n) is 11.3. The Hall–Kier alpha value is -2.56. The molecule has 3 rings (SSSR count). The first-order valence-corrected chi connectivity index (χ1v) is 6.48. The highest BCUT2D eigenvalue weighted by Gasteiger charge is 2.06. The van der Waals surface area contributed by atoms with E-state index in [-0.39, 0.29) is 0 Å². The van der Waals surface area contributed by atoms with Crippen molar-refractivity contribution in [1.82, 2.24) is 14.5 Å². The lowest BCUT2D eigenvalue weighted by molar-refractivity contribution is 0.321. The second kappa shape index (κ2) is 5.21. The third kappa shape index (κ3) is 2.30. The van der Waals surface area contributed by atoms with Crippen LogP contribution >= 0.6 is 0 Å². The highest BCUT2D eigenvalue weighted by Crippen LogP contribution is 2.28. The normalized spacial score (nSPS) is 10.8. The molecule has 0 unspecified atom stereocenters. The van der Waals surface area contributed by atoms with Gasteiger partial charge >= 0.3 is 0 Å². The molecule has 5 nitrogen and oxygen atoms in total. The molecule has 0 aliphatic carbocycles. The molecule has 0 fully saturated rings. The van der Waals surface area contributed by atoms with Gasteiger partial charge in [0.25, 0.3) is 0 Å². The quantitative estimate of drug-likeness (QED) is 0.736. The molecule has 102 valence electrons. The Kier molecular flexibility index (Phi) is 3.25. The van der Waals surface area contributed by atoms with E-state index in [2.05, 4.69) is 9.97 Å². The van der Waals surface area contributed by atoms with Crippen molar-refractivity contribution in [3.63, 3.8) is 0 Å². The van der Waals surface area contributed by atoms with Gasteiger partial charge in [-0.05, 0) is 24.3 Å². The summed E-state index contributed by atoms with van der Waals surface area (Å²) in [4.78, 5) is 8.57. The molecule has 2 N–H and O–H groups in total. The zero-order valence-corrected chi connectivity index (χ0v) is 11.3. The molecule has 0 radical (unpaired) electrons. The summed E-state index contributed by atoms with van der Waals surface area (Å²) in [5.41, 5.74) is 7.36. The number of nitrogens with two attached hydrogens (primary N) is 1. The minimum Gasteiger partial charge on any atom is -0.492 e. The maximum atomic E-state index is 5.92. The molecule has 2 aromatic heterocycles. The molecule has 0 saturated heterocycles. The van der Waals surface area contributed by atoms with Crippen LogP contribution in [0.15, 0.2) is 42.9 Å². The van der Waals surface area contributed by atoms with Gasteiger partial charge in [0, 0.05) is 37.4 Å². The van der Waals surface area contributed by atoms with E-state index in [1.807, 2.05) is 42.1 Å². The predicted molar refractivity (Wildman–Crippen MR) is 78.6 cm³/mol. The number of hydrogen-bond donors (Lipinski definition) is 1. The van der Waals surface area contributed by atoms with Gasteiger partial charge in [0.15, 0.2) is 0 Å². The SMILES string of the molecule is Cn1ccnc1CCOc1ccc(N)c2ncccc12. The number of ether oxygens (including phenoxy) is 1. The third-order valence-electron chi connectivity index (χ3n) is 3.27. The summed E-state index contributed by atoms with van der Waals surface area (Å²) >= 11 is 0. The van der Waals surface area contributed by atoms with Gasteiger partial charge in [-0.2, -0.15) is 0 Å². The number of benzene rings is 1. The molecule has 0 atom stereocenters. The second-order valence-electron chi connectivity index (χ2n) is 4.61.